The Hall–Kier alpha value is -0.370. The van der Waals surface area contributed by atoms with Gasteiger partial charge in [-0.3, -0.25) is 4.79 Å². The minimum absolute atomic E-state index is 0.379. The first kappa shape index (κ1) is 8.24. The quantitative estimate of drug-likeness (QED) is 0.681. The van der Waals surface area contributed by atoms with Crippen LogP contribution in [0.1, 0.15) is 20.3 Å². The van der Waals surface area contributed by atoms with E-state index in [0.29, 0.717) is 23.7 Å². The highest BCUT2D eigenvalue weighted by Gasteiger charge is 2.59. The summed E-state index contributed by atoms with van der Waals surface area (Å²) < 4.78 is 0. The van der Waals surface area contributed by atoms with E-state index < -0.39 is 0 Å². The summed E-state index contributed by atoms with van der Waals surface area (Å²) >= 11 is 0. The van der Waals surface area contributed by atoms with Crippen molar-refractivity contribution in [1.29, 1.82) is 0 Å². The molecule has 0 saturated heterocycles. The summed E-state index contributed by atoms with van der Waals surface area (Å²) in [5.41, 5.74) is 0. The largest absolute Gasteiger partial charge is 0.317 e. The Morgan fingerprint density at radius 2 is 2.17 bits per heavy atom. The van der Waals surface area contributed by atoms with Crippen LogP contribution in [-0.4, -0.2) is 18.9 Å². The Bertz CT molecular complexity index is 214. The molecule has 0 radical (unpaired) electrons. The first-order valence-electron chi connectivity index (χ1n) is 4.87. The van der Waals surface area contributed by atoms with E-state index in [2.05, 4.69) is 19.2 Å². The zero-order chi connectivity index (χ0) is 8.88. The van der Waals surface area contributed by atoms with Crippen molar-refractivity contribution < 1.29 is 4.79 Å². The highest BCUT2D eigenvalue weighted by molar-refractivity contribution is 5.99. The molecule has 1 N–H and O–H groups in total. The van der Waals surface area contributed by atoms with E-state index in [0.717, 1.165) is 11.8 Å². The van der Waals surface area contributed by atoms with E-state index in [4.69, 9.17) is 0 Å². The zero-order valence-electron chi connectivity index (χ0n) is 8.00. The summed E-state index contributed by atoms with van der Waals surface area (Å²) in [6, 6.07) is 0.593. The normalized spacial score (nSPS) is 47.4. The molecule has 0 heterocycles. The molecular weight excluding hydrogens is 150 g/mol. The Morgan fingerprint density at radius 3 is 2.58 bits per heavy atom. The summed E-state index contributed by atoms with van der Waals surface area (Å²) in [5.74, 6) is 2.81. The van der Waals surface area contributed by atoms with Gasteiger partial charge >= 0.3 is 0 Å². The van der Waals surface area contributed by atoms with Gasteiger partial charge in [0.05, 0.1) is 0 Å². The second kappa shape index (κ2) is 2.56. The monoisotopic (exact) mass is 167 g/mol. The van der Waals surface area contributed by atoms with Gasteiger partial charge in [0.2, 0.25) is 0 Å². The highest BCUT2D eigenvalue weighted by atomic mass is 16.1. The van der Waals surface area contributed by atoms with E-state index in [-0.39, 0.29) is 0 Å². The molecule has 2 fully saturated rings. The SMILES string of the molecule is CNC(C)C1CC1C1C(=O)C1C. The molecule has 5 atom stereocenters. The minimum Gasteiger partial charge on any atom is -0.317 e. The smallest absolute Gasteiger partial charge is 0.140 e. The summed E-state index contributed by atoms with van der Waals surface area (Å²) in [4.78, 5) is 11.1. The van der Waals surface area contributed by atoms with Gasteiger partial charge in [-0.25, -0.2) is 0 Å². The molecule has 0 aromatic rings. The predicted octanol–water partition coefficient (Wildman–Crippen LogP) is 1.07. The van der Waals surface area contributed by atoms with Gasteiger partial charge < -0.3 is 5.32 Å². The molecule has 2 aliphatic rings. The average molecular weight is 167 g/mol. The number of carbonyl (C=O) groups is 1. The molecule has 12 heavy (non-hydrogen) atoms. The number of ketones is 1. The lowest BCUT2D eigenvalue weighted by Crippen LogP contribution is -2.24. The number of hydrogen-bond acceptors (Lipinski definition) is 2. The van der Waals surface area contributed by atoms with Crippen molar-refractivity contribution in [3.63, 3.8) is 0 Å². The molecular formula is C10H17NO. The van der Waals surface area contributed by atoms with Crippen molar-refractivity contribution in [2.75, 3.05) is 7.05 Å². The molecule has 2 rings (SSSR count). The third-order valence-corrected chi connectivity index (χ3v) is 3.66. The molecule has 5 unspecified atom stereocenters. The van der Waals surface area contributed by atoms with Crippen LogP contribution in [0.25, 0.3) is 0 Å². The van der Waals surface area contributed by atoms with Gasteiger partial charge in [0.25, 0.3) is 0 Å². The maximum Gasteiger partial charge on any atom is 0.140 e. The zero-order valence-corrected chi connectivity index (χ0v) is 8.00. The maximum absolute atomic E-state index is 11.1. The summed E-state index contributed by atoms with van der Waals surface area (Å²) in [6.07, 6.45) is 1.27. The van der Waals surface area contributed by atoms with Crippen LogP contribution < -0.4 is 5.32 Å². The molecule has 0 amide bonds. The van der Waals surface area contributed by atoms with E-state index in [9.17, 15) is 4.79 Å². The summed E-state index contributed by atoms with van der Waals surface area (Å²) in [6.45, 7) is 4.27. The molecule has 0 bridgehead atoms. The Kier molecular flexibility index (Phi) is 1.76. The second-order valence-electron chi connectivity index (χ2n) is 4.36. The highest BCUT2D eigenvalue weighted by Crippen LogP contribution is 2.56. The third kappa shape index (κ3) is 1.09. The van der Waals surface area contributed by atoms with E-state index in [1.54, 1.807) is 0 Å². The van der Waals surface area contributed by atoms with Crippen LogP contribution in [0.15, 0.2) is 0 Å². The van der Waals surface area contributed by atoms with Gasteiger partial charge in [-0.2, -0.15) is 0 Å². The lowest BCUT2D eigenvalue weighted by molar-refractivity contribution is -0.112. The van der Waals surface area contributed by atoms with Crippen LogP contribution in [0.5, 0.6) is 0 Å². The average Bonchev–Trinajstić information content (AvgIpc) is 2.91. The van der Waals surface area contributed by atoms with Crippen LogP contribution >= 0.6 is 0 Å². The fourth-order valence-electron chi connectivity index (χ4n) is 2.41. The number of hydrogen-bond donors (Lipinski definition) is 1. The van der Waals surface area contributed by atoms with E-state index >= 15 is 0 Å². The van der Waals surface area contributed by atoms with Crippen LogP contribution in [0.2, 0.25) is 0 Å². The van der Waals surface area contributed by atoms with Gasteiger partial charge in [0.1, 0.15) is 5.78 Å². The topological polar surface area (TPSA) is 29.1 Å². The first-order chi connectivity index (χ1) is 5.66. The fraction of sp³-hybridized carbons (Fsp3) is 0.900. The van der Waals surface area contributed by atoms with Crippen molar-refractivity contribution in [3.8, 4) is 0 Å². The number of nitrogens with one attached hydrogen (secondary N) is 1. The molecule has 0 aromatic carbocycles. The standard InChI is InChI=1S/C10H17NO/c1-5-9(10(5)12)8-4-7(8)6(2)11-3/h5-9,11H,4H2,1-3H3. The van der Waals surface area contributed by atoms with E-state index in [1.807, 2.05) is 7.05 Å². The molecule has 0 aliphatic heterocycles. The lowest BCUT2D eigenvalue weighted by atomic mass is 10.1. The molecule has 2 aliphatic carbocycles. The van der Waals surface area contributed by atoms with Crippen molar-refractivity contribution in [2.24, 2.45) is 23.7 Å². The second-order valence-corrected chi connectivity index (χ2v) is 4.36. The summed E-state index contributed by atoms with van der Waals surface area (Å²) in [7, 11) is 2.00. The molecule has 0 aromatic heterocycles. The fourth-order valence-corrected chi connectivity index (χ4v) is 2.41. The van der Waals surface area contributed by atoms with Crippen LogP contribution in [-0.2, 0) is 4.79 Å². The van der Waals surface area contributed by atoms with Crippen LogP contribution in [0, 0.1) is 23.7 Å². The predicted molar refractivity (Wildman–Crippen MR) is 47.8 cm³/mol. The van der Waals surface area contributed by atoms with Gasteiger partial charge in [-0.15, -0.1) is 0 Å². The van der Waals surface area contributed by atoms with Gasteiger partial charge in [0, 0.05) is 17.9 Å². The third-order valence-electron chi connectivity index (χ3n) is 3.66. The molecule has 0 spiro atoms. The number of carbonyl (C=O) groups excluding carboxylic acids is 1. The number of rotatable bonds is 3. The lowest BCUT2D eigenvalue weighted by Gasteiger charge is -2.07. The summed E-state index contributed by atoms with van der Waals surface area (Å²) in [5, 5.41) is 3.26. The van der Waals surface area contributed by atoms with Crippen molar-refractivity contribution in [2.45, 2.75) is 26.3 Å². The Balaban J connectivity index is 1.85. The van der Waals surface area contributed by atoms with Crippen molar-refractivity contribution in [3.05, 3.63) is 0 Å². The van der Waals surface area contributed by atoms with Crippen LogP contribution in [0.3, 0.4) is 0 Å². The Morgan fingerprint density at radius 1 is 1.58 bits per heavy atom. The van der Waals surface area contributed by atoms with Gasteiger partial charge in [0.15, 0.2) is 0 Å². The van der Waals surface area contributed by atoms with Gasteiger partial charge in [-0.05, 0) is 32.2 Å². The first-order valence-corrected chi connectivity index (χ1v) is 4.87. The Labute approximate surface area is 73.7 Å². The van der Waals surface area contributed by atoms with Crippen molar-refractivity contribution >= 4 is 5.78 Å². The molecule has 2 heteroatoms. The minimum atomic E-state index is 0.379. The van der Waals surface area contributed by atoms with Gasteiger partial charge in [-0.1, -0.05) is 6.92 Å². The molecule has 2 nitrogen and oxygen atoms in total. The molecule has 2 saturated carbocycles. The maximum atomic E-state index is 11.1. The molecule has 68 valence electrons. The van der Waals surface area contributed by atoms with Crippen LogP contribution in [0.4, 0.5) is 0 Å². The van der Waals surface area contributed by atoms with E-state index in [1.165, 1.54) is 6.42 Å². The van der Waals surface area contributed by atoms with Crippen molar-refractivity contribution in [1.82, 2.24) is 5.32 Å². The number of Topliss-reactive ketones (excluding diaryl/α,β-unsaturated/α-hetero) is 1.